The number of nitrogens with zero attached hydrogens (tertiary/aromatic N) is 3. The minimum atomic E-state index is 0.209. The third kappa shape index (κ3) is 4.25. The van der Waals surface area contributed by atoms with Crippen LogP contribution < -0.4 is 9.80 Å². The summed E-state index contributed by atoms with van der Waals surface area (Å²) in [5.74, 6) is 0.434. The van der Waals surface area contributed by atoms with Gasteiger partial charge in [-0.3, -0.25) is 4.79 Å². The van der Waals surface area contributed by atoms with Crippen molar-refractivity contribution < 1.29 is 4.79 Å². The van der Waals surface area contributed by atoms with Crippen molar-refractivity contribution >= 4 is 17.3 Å². The van der Waals surface area contributed by atoms with Crippen molar-refractivity contribution in [2.24, 2.45) is 0 Å². The summed E-state index contributed by atoms with van der Waals surface area (Å²) in [5, 5.41) is 0. The van der Waals surface area contributed by atoms with Gasteiger partial charge in [0.05, 0.1) is 11.4 Å². The molecule has 2 aromatic carbocycles. The Balaban J connectivity index is 1.73. The van der Waals surface area contributed by atoms with E-state index in [0.717, 1.165) is 31.9 Å². The van der Waals surface area contributed by atoms with Crippen LogP contribution in [0.2, 0.25) is 0 Å². The summed E-state index contributed by atoms with van der Waals surface area (Å²) in [4.78, 5) is 19.6. The Kier molecular flexibility index (Phi) is 5.94. The molecule has 1 heterocycles. The van der Waals surface area contributed by atoms with Gasteiger partial charge in [0.2, 0.25) is 5.91 Å². The SMILES string of the molecule is CC(CC(=O)N1CCN(CCN(C)C)c2ccccc21)c1ccccc1. The zero-order valence-corrected chi connectivity index (χ0v) is 16.1. The third-order valence-electron chi connectivity index (χ3n) is 5.07. The average molecular weight is 351 g/mol. The van der Waals surface area contributed by atoms with E-state index in [2.05, 4.69) is 61.2 Å². The monoisotopic (exact) mass is 351 g/mol. The van der Waals surface area contributed by atoms with E-state index in [4.69, 9.17) is 0 Å². The Hall–Kier alpha value is -2.33. The number of amides is 1. The van der Waals surface area contributed by atoms with Gasteiger partial charge in [0.15, 0.2) is 0 Å². The van der Waals surface area contributed by atoms with E-state index >= 15 is 0 Å². The first kappa shape index (κ1) is 18.5. The number of carbonyl (C=O) groups is 1. The fourth-order valence-electron chi connectivity index (χ4n) is 3.50. The summed E-state index contributed by atoms with van der Waals surface area (Å²) in [7, 11) is 4.19. The third-order valence-corrected chi connectivity index (χ3v) is 5.07. The van der Waals surface area contributed by atoms with Crippen molar-refractivity contribution in [1.82, 2.24) is 4.90 Å². The van der Waals surface area contributed by atoms with Crippen LogP contribution in [0.1, 0.15) is 24.8 Å². The van der Waals surface area contributed by atoms with E-state index in [-0.39, 0.29) is 11.8 Å². The Morgan fingerprint density at radius 1 is 1.00 bits per heavy atom. The first-order valence-corrected chi connectivity index (χ1v) is 9.40. The molecule has 26 heavy (non-hydrogen) atoms. The molecule has 0 saturated carbocycles. The second kappa shape index (κ2) is 8.37. The lowest BCUT2D eigenvalue weighted by atomic mass is 9.97. The highest BCUT2D eigenvalue weighted by molar-refractivity contribution is 5.98. The molecule has 0 spiro atoms. The highest BCUT2D eigenvalue weighted by Gasteiger charge is 2.27. The van der Waals surface area contributed by atoms with E-state index in [1.807, 2.05) is 29.2 Å². The maximum atomic E-state index is 13.0. The molecule has 138 valence electrons. The molecule has 1 aliphatic rings. The number of benzene rings is 2. The molecule has 0 aromatic heterocycles. The van der Waals surface area contributed by atoms with Crippen LogP contribution in [0.15, 0.2) is 54.6 Å². The van der Waals surface area contributed by atoms with Crippen LogP contribution in [0, 0.1) is 0 Å². The molecule has 2 aromatic rings. The number of anilines is 2. The van der Waals surface area contributed by atoms with Crippen molar-refractivity contribution in [3.05, 3.63) is 60.2 Å². The lowest BCUT2D eigenvalue weighted by molar-refractivity contribution is -0.118. The molecule has 1 atom stereocenters. The number of carbonyl (C=O) groups excluding carboxylic acids is 1. The Morgan fingerprint density at radius 3 is 2.35 bits per heavy atom. The van der Waals surface area contributed by atoms with Gasteiger partial charge in [0.1, 0.15) is 0 Å². The summed E-state index contributed by atoms with van der Waals surface area (Å²) in [6.45, 7) is 5.76. The molecule has 0 N–H and O–H groups in total. The van der Waals surface area contributed by atoms with E-state index < -0.39 is 0 Å². The number of hydrogen-bond acceptors (Lipinski definition) is 3. The first-order chi connectivity index (χ1) is 12.6. The van der Waals surface area contributed by atoms with E-state index in [0.29, 0.717) is 6.42 Å². The Morgan fingerprint density at radius 2 is 1.65 bits per heavy atom. The summed E-state index contributed by atoms with van der Waals surface area (Å²) in [6.07, 6.45) is 0.538. The average Bonchev–Trinajstić information content (AvgIpc) is 2.66. The second-order valence-corrected chi connectivity index (χ2v) is 7.34. The lowest BCUT2D eigenvalue weighted by Crippen LogP contribution is -2.46. The number of para-hydroxylation sites is 2. The summed E-state index contributed by atoms with van der Waals surface area (Å²) in [5.41, 5.74) is 3.43. The van der Waals surface area contributed by atoms with Crippen LogP contribution in [0.4, 0.5) is 11.4 Å². The van der Waals surface area contributed by atoms with E-state index in [1.165, 1.54) is 11.3 Å². The molecular weight excluding hydrogens is 322 g/mol. The van der Waals surface area contributed by atoms with Crippen molar-refractivity contribution in [2.75, 3.05) is 50.1 Å². The predicted molar refractivity (Wildman–Crippen MR) is 109 cm³/mol. The molecule has 1 unspecified atom stereocenters. The minimum Gasteiger partial charge on any atom is -0.367 e. The van der Waals surface area contributed by atoms with E-state index in [9.17, 15) is 4.79 Å². The number of fused-ring (bicyclic) bond motifs is 1. The quantitative estimate of drug-likeness (QED) is 0.796. The molecule has 0 radical (unpaired) electrons. The topological polar surface area (TPSA) is 26.8 Å². The van der Waals surface area contributed by atoms with Crippen molar-refractivity contribution in [3.8, 4) is 0 Å². The largest absolute Gasteiger partial charge is 0.367 e. The number of likely N-dealkylation sites (N-methyl/N-ethyl adjacent to an activating group) is 1. The maximum Gasteiger partial charge on any atom is 0.227 e. The molecule has 4 nitrogen and oxygen atoms in total. The zero-order chi connectivity index (χ0) is 18.5. The summed E-state index contributed by atoms with van der Waals surface area (Å²) >= 11 is 0. The summed E-state index contributed by atoms with van der Waals surface area (Å²) < 4.78 is 0. The van der Waals surface area contributed by atoms with E-state index in [1.54, 1.807) is 0 Å². The highest BCUT2D eigenvalue weighted by atomic mass is 16.2. The van der Waals surface area contributed by atoms with Crippen LogP contribution in [-0.2, 0) is 4.79 Å². The smallest absolute Gasteiger partial charge is 0.227 e. The summed E-state index contributed by atoms with van der Waals surface area (Å²) in [6, 6.07) is 18.6. The van der Waals surface area contributed by atoms with Gasteiger partial charge in [-0.25, -0.2) is 0 Å². The zero-order valence-electron chi connectivity index (χ0n) is 16.1. The van der Waals surface area contributed by atoms with Crippen molar-refractivity contribution in [1.29, 1.82) is 0 Å². The fraction of sp³-hybridized carbons (Fsp3) is 0.409. The Labute approximate surface area is 157 Å². The Bertz CT molecular complexity index is 729. The van der Waals surface area contributed by atoms with Crippen LogP contribution in [0.5, 0.6) is 0 Å². The van der Waals surface area contributed by atoms with Crippen LogP contribution >= 0.6 is 0 Å². The van der Waals surface area contributed by atoms with Crippen LogP contribution in [0.3, 0.4) is 0 Å². The van der Waals surface area contributed by atoms with Gasteiger partial charge in [-0.1, -0.05) is 49.4 Å². The minimum absolute atomic E-state index is 0.209. The van der Waals surface area contributed by atoms with Gasteiger partial charge >= 0.3 is 0 Å². The molecule has 3 rings (SSSR count). The number of rotatable bonds is 6. The second-order valence-electron chi connectivity index (χ2n) is 7.34. The predicted octanol–water partition coefficient (Wildman–Crippen LogP) is 3.60. The molecule has 1 amide bonds. The molecule has 0 bridgehead atoms. The van der Waals surface area contributed by atoms with Gasteiger partial charge in [0.25, 0.3) is 0 Å². The van der Waals surface area contributed by atoms with Crippen LogP contribution in [-0.4, -0.2) is 51.1 Å². The van der Waals surface area contributed by atoms with Crippen LogP contribution in [0.25, 0.3) is 0 Å². The van der Waals surface area contributed by atoms with Gasteiger partial charge < -0.3 is 14.7 Å². The normalized spacial score (nSPS) is 15.1. The van der Waals surface area contributed by atoms with Crippen molar-refractivity contribution in [3.63, 3.8) is 0 Å². The molecule has 0 fully saturated rings. The molecular formula is C22H29N3O. The fourth-order valence-corrected chi connectivity index (χ4v) is 3.50. The standard InChI is InChI=1S/C22H29N3O/c1-18(19-9-5-4-6-10-19)17-22(26)25-16-15-24(14-13-23(2)3)20-11-7-8-12-21(20)25/h4-12,18H,13-17H2,1-3H3. The first-order valence-electron chi connectivity index (χ1n) is 9.40. The van der Waals surface area contributed by atoms with Gasteiger partial charge in [-0.05, 0) is 37.7 Å². The van der Waals surface area contributed by atoms with Gasteiger partial charge in [0, 0.05) is 32.6 Å². The van der Waals surface area contributed by atoms with Gasteiger partial charge in [-0.15, -0.1) is 0 Å². The molecule has 0 saturated heterocycles. The molecule has 0 aliphatic carbocycles. The number of hydrogen-bond donors (Lipinski definition) is 0. The maximum absolute atomic E-state index is 13.0. The van der Waals surface area contributed by atoms with Crippen molar-refractivity contribution in [2.45, 2.75) is 19.3 Å². The van der Waals surface area contributed by atoms with Gasteiger partial charge in [-0.2, -0.15) is 0 Å². The molecule has 4 heteroatoms. The lowest BCUT2D eigenvalue weighted by Gasteiger charge is -2.38. The highest BCUT2D eigenvalue weighted by Crippen LogP contribution is 2.34. The molecule has 1 aliphatic heterocycles.